The van der Waals surface area contributed by atoms with Crippen molar-refractivity contribution in [3.8, 4) is 0 Å². The van der Waals surface area contributed by atoms with Crippen LogP contribution in [0.1, 0.15) is 18.4 Å². The van der Waals surface area contributed by atoms with E-state index in [-0.39, 0.29) is 13.1 Å². The molecule has 0 radical (unpaired) electrons. The number of hydrogen-bond donors (Lipinski definition) is 1. The molecule has 0 atom stereocenters. The summed E-state index contributed by atoms with van der Waals surface area (Å²) in [7, 11) is 0. The number of carbonyl (C=O) groups excluding carboxylic acids is 1. The van der Waals surface area contributed by atoms with Crippen molar-refractivity contribution in [3.05, 3.63) is 35.1 Å². The Bertz CT molecular complexity index is 574. The molecule has 1 aromatic carbocycles. The number of rotatable bonds is 2. The Morgan fingerprint density at radius 2 is 1.86 bits per heavy atom. The number of ether oxygens (including phenoxy) is 1. The summed E-state index contributed by atoms with van der Waals surface area (Å²) in [6.07, 6.45) is 0.701. The van der Waals surface area contributed by atoms with E-state index in [0.29, 0.717) is 12.8 Å². The molecule has 1 spiro atoms. The van der Waals surface area contributed by atoms with Gasteiger partial charge in [-0.15, -0.1) is 0 Å². The molecule has 4 nitrogen and oxygen atoms in total. The van der Waals surface area contributed by atoms with Crippen LogP contribution in [0, 0.1) is 17.5 Å². The third-order valence-corrected chi connectivity index (χ3v) is 4.04. The lowest BCUT2D eigenvalue weighted by atomic mass is 9.92. The maximum atomic E-state index is 13.7. The SMILES string of the molecule is O=C1OC2(CCNCC2)CN1Cc1c(F)ccc(F)c1F. The zero-order valence-electron chi connectivity index (χ0n) is 11.3. The largest absolute Gasteiger partial charge is 0.441 e. The molecule has 1 amide bonds. The van der Waals surface area contributed by atoms with Gasteiger partial charge in [0.2, 0.25) is 0 Å². The molecule has 0 aliphatic carbocycles. The second kappa shape index (κ2) is 5.22. The number of carbonyl (C=O) groups is 1. The molecule has 3 rings (SSSR count). The summed E-state index contributed by atoms with van der Waals surface area (Å²) in [5.74, 6) is -3.25. The van der Waals surface area contributed by atoms with Gasteiger partial charge in [-0.3, -0.25) is 4.90 Å². The van der Waals surface area contributed by atoms with Gasteiger partial charge < -0.3 is 10.1 Å². The van der Waals surface area contributed by atoms with Gasteiger partial charge in [0.25, 0.3) is 0 Å². The fourth-order valence-corrected chi connectivity index (χ4v) is 2.86. The highest BCUT2D eigenvalue weighted by Crippen LogP contribution is 2.32. The first-order valence-electron chi connectivity index (χ1n) is 6.82. The fourth-order valence-electron chi connectivity index (χ4n) is 2.86. The van der Waals surface area contributed by atoms with E-state index in [9.17, 15) is 18.0 Å². The normalized spacial score (nSPS) is 20.9. The Balaban J connectivity index is 1.80. The monoisotopic (exact) mass is 300 g/mol. The summed E-state index contributed by atoms with van der Waals surface area (Å²) in [6, 6.07) is 1.58. The minimum atomic E-state index is -1.26. The van der Waals surface area contributed by atoms with Crippen molar-refractivity contribution in [3.63, 3.8) is 0 Å². The van der Waals surface area contributed by atoms with Gasteiger partial charge in [0.15, 0.2) is 11.6 Å². The van der Waals surface area contributed by atoms with Gasteiger partial charge in [0.1, 0.15) is 11.4 Å². The Labute approximate surface area is 119 Å². The molecule has 0 bridgehead atoms. The van der Waals surface area contributed by atoms with Gasteiger partial charge in [0, 0.05) is 18.4 Å². The molecule has 1 aromatic rings. The van der Waals surface area contributed by atoms with Gasteiger partial charge in [0.05, 0.1) is 13.1 Å². The Kier molecular flexibility index (Phi) is 3.52. The van der Waals surface area contributed by atoms with Crippen molar-refractivity contribution in [1.29, 1.82) is 0 Å². The van der Waals surface area contributed by atoms with Crippen LogP contribution in [0.2, 0.25) is 0 Å². The van der Waals surface area contributed by atoms with Crippen molar-refractivity contribution in [2.75, 3.05) is 19.6 Å². The van der Waals surface area contributed by atoms with Gasteiger partial charge in [-0.25, -0.2) is 18.0 Å². The van der Waals surface area contributed by atoms with Crippen LogP contribution in [0.15, 0.2) is 12.1 Å². The average Bonchev–Trinajstić information content (AvgIpc) is 2.75. The minimum absolute atomic E-state index is 0.267. The number of benzene rings is 1. The van der Waals surface area contributed by atoms with E-state index >= 15 is 0 Å². The lowest BCUT2D eigenvalue weighted by Crippen LogP contribution is -2.44. The molecule has 21 heavy (non-hydrogen) atoms. The molecule has 0 aromatic heterocycles. The Morgan fingerprint density at radius 3 is 2.57 bits per heavy atom. The zero-order valence-corrected chi connectivity index (χ0v) is 11.3. The van der Waals surface area contributed by atoms with Gasteiger partial charge in [-0.2, -0.15) is 0 Å². The number of amides is 1. The molecular formula is C14H15F3N2O2. The second-order valence-corrected chi connectivity index (χ2v) is 5.48. The average molecular weight is 300 g/mol. The Morgan fingerprint density at radius 1 is 1.19 bits per heavy atom. The van der Waals surface area contributed by atoms with Crippen LogP contribution in [0.5, 0.6) is 0 Å². The van der Waals surface area contributed by atoms with Crippen LogP contribution in [-0.4, -0.2) is 36.2 Å². The topological polar surface area (TPSA) is 41.6 Å². The second-order valence-electron chi connectivity index (χ2n) is 5.48. The van der Waals surface area contributed by atoms with E-state index in [0.717, 1.165) is 25.2 Å². The number of piperidine rings is 1. The minimum Gasteiger partial charge on any atom is -0.441 e. The quantitative estimate of drug-likeness (QED) is 0.851. The smallest absolute Gasteiger partial charge is 0.410 e. The van der Waals surface area contributed by atoms with Crippen LogP contribution >= 0.6 is 0 Å². The predicted molar refractivity (Wildman–Crippen MR) is 68.0 cm³/mol. The maximum absolute atomic E-state index is 13.7. The lowest BCUT2D eigenvalue weighted by molar-refractivity contribution is 0.0316. The van der Waals surface area contributed by atoms with E-state index in [1.54, 1.807) is 0 Å². The molecule has 114 valence electrons. The summed E-state index contributed by atoms with van der Waals surface area (Å²) in [5, 5.41) is 3.16. The highest BCUT2D eigenvalue weighted by Gasteiger charge is 2.45. The first-order valence-corrected chi connectivity index (χ1v) is 6.82. The summed E-state index contributed by atoms with van der Waals surface area (Å²) in [6.45, 7) is 1.39. The molecule has 2 aliphatic heterocycles. The molecule has 0 saturated carbocycles. The van der Waals surface area contributed by atoms with Crippen molar-refractivity contribution in [2.24, 2.45) is 0 Å². The highest BCUT2D eigenvalue weighted by atomic mass is 19.2. The van der Waals surface area contributed by atoms with Crippen molar-refractivity contribution in [1.82, 2.24) is 10.2 Å². The van der Waals surface area contributed by atoms with E-state index in [4.69, 9.17) is 4.74 Å². The fraction of sp³-hybridized carbons (Fsp3) is 0.500. The number of halogens is 3. The van der Waals surface area contributed by atoms with Crippen molar-refractivity contribution < 1.29 is 22.7 Å². The van der Waals surface area contributed by atoms with Crippen molar-refractivity contribution in [2.45, 2.75) is 25.0 Å². The van der Waals surface area contributed by atoms with Gasteiger partial charge >= 0.3 is 6.09 Å². The summed E-state index contributed by atoms with van der Waals surface area (Å²) in [5.41, 5.74) is -1.04. The lowest BCUT2D eigenvalue weighted by Gasteiger charge is -2.31. The molecule has 0 unspecified atom stereocenters. The standard InChI is InChI=1S/C14H15F3N2O2/c15-10-1-2-11(16)12(17)9(10)7-19-8-14(21-13(19)20)3-5-18-6-4-14/h1-2,18H,3-8H2. The number of hydrogen-bond acceptors (Lipinski definition) is 3. The first-order chi connectivity index (χ1) is 10.0. The number of nitrogens with one attached hydrogen (secondary N) is 1. The predicted octanol–water partition coefficient (Wildman–Crippen LogP) is 2.18. The molecule has 7 heteroatoms. The van der Waals surface area contributed by atoms with E-state index in [1.165, 1.54) is 4.90 Å². The summed E-state index contributed by atoms with van der Waals surface area (Å²) in [4.78, 5) is 13.1. The van der Waals surface area contributed by atoms with E-state index in [2.05, 4.69) is 5.32 Å². The van der Waals surface area contributed by atoms with Crippen LogP contribution in [0.3, 0.4) is 0 Å². The van der Waals surface area contributed by atoms with Gasteiger partial charge in [-0.1, -0.05) is 0 Å². The van der Waals surface area contributed by atoms with E-state index < -0.39 is 34.7 Å². The molecule has 2 saturated heterocycles. The first kappa shape index (κ1) is 14.2. The Hall–Kier alpha value is -1.76. The third-order valence-electron chi connectivity index (χ3n) is 4.04. The van der Waals surface area contributed by atoms with Crippen molar-refractivity contribution >= 4 is 6.09 Å². The highest BCUT2D eigenvalue weighted by molar-refractivity contribution is 5.70. The summed E-state index contributed by atoms with van der Waals surface area (Å²) >= 11 is 0. The van der Waals surface area contributed by atoms with Crippen LogP contribution in [0.25, 0.3) is 0 Å². The molecule has 1 N–H and O–H groups in total. The molecular weight excluding hydrogens is 285 g/mol. The van der Waals surface area contributed by atoms with Crippen LogP contribution < -0.4 is 5.32 Å². The third kappa shape index (κ3) is 2.57. The van der Waals surface area contributed by atoms with Gasteiger partial charge in [-0.05, 0) is 25.2 Å². The molecule has 2 heterocycles. The maximum Gasteiger partial charge on any atom is 0.410 e. The zero-order chi connectivity index (χ0) is 15.0. The molecule has 2 aliphatic rings. The van der Waals surface area contributed by atoms with E-state index in [1.807, 2.05) is 0 Å². The summed E-state index contributed by atoms with van der Waals surface area (Å²) < 4.78 is 45.9. The van der Waals surface area contributed by atoms with Crippen LogP contribution in [-0.2, 0) is 11.3 Å². The molecule has 2 fully saturated rings. The van der Waals surface area contributed by atoms with Crippen LogP contribution in [0.4, 0.5) is 18.0 Å². The number of nitrogens with zero attached hydrogens (tertiary/aromatic N) is 1.